The molecule has 1 aromatic carbocycles. The molecule has 1 aromatic heterocycles. The summed E-state index contributed by atoms with van der Waals surface area (Å²) in [5, 5.41) is 14.3. The normalized spacial score (nSPS) is 19.3. The number of hydrogen-bond donors (Lipinski definition) is 2. The van der Waals surface area contributed by atoms with Crippen LogP contribution >= 0.6 is 0 Å². The predicted molar refractivity (Wildman–Crippen MR) is 87.4 cm³/mol. The maximum atomic E-state index is 12.1. The van der Waals surface area contributed by atoms with Crippen molar-refractivity contribution < 1.29 is 9.90 Å². The largest absolute Gasteiger partial charge is 0.387 e. The van der Waals surface area contributed by atoms with Gasteiger partial charge in [-0.1, -0.05) is 18.2 Å². The number of aryl methyl sites for hydroxylation is 1. The summed E-state index contributed by atoms with van der Waals surface area (Å²) in [6, 6.07) is 7.93. The number of fused-ring (bicyclic) bond motifs is 1. The molecule has 3 rings (SSSR count). The van der Waals surface area contributed by atoms with E-state index in [1.807, 2.05) is 42.1 Å². The van der Waals surface area contributed by atoms with Crippen LogP contribution in [0.1, 0.15) is 30.9 Å². The molecule has 116 valence electrons. The monoisotopic (exact) mass is 298 g/mol. The lowest BCUT2D eigenvalue weighted by atomic mass is 9.93. The molecule has 2 atom stereocenters. The lowest BCUT2D eigenvalue weighted by Gasteiger charge is -2.19. The van der Waals surface area contributed by atoms with Gasteiger partial charge < -0.3 is 15.0 Å². The van der Waals surface area contributed by atoms with E-state index in [0.717, 1.165) is 35.7 Å². The van der Waals surface area contributed by atoms with Gasteiger partial charge in [-0.3, -0.25) is 4.79 Å². The Morgan fingerprint density at radius 2 is 2.27 bits per heavy atom. The summed E-state index contributed by atoms with van der Waals surface area (Å²) in [4.78, 5) is 12.1. The van der Waals surface area contributed by atoms with Crippen molar-refractivity contribution in [3.63, 3.8) is 0 Å². The number of aliphatic hydroxyl groups is 1. The van der Waals surface area contributed by atoms with Gasteiger partial charge in [0.2, 0.25) is 5.91 Å². The van der Waals surface area contributed by atoms with Gasteiger partial charge >= 0.3 is 0 Å². The molecule has 0 saturated carbocycles. The summed E-state index contributed by atoms with van der Waals surface area (Å²) in [5.41, 5.74) is 1.97. The minimum atomic E-state index is -0.673. The van der Waals surface area contributed by atoms with Gasteiger partial charge in [0.1, 0.15) is 0 Å². The molecular weight excluding hydrogens is 276 g/mol. The number of nitrogens with one attached hydrogen (secondary N) is 1. The molecule has 0 spiro atoms. The minimum absolute atomic E-state index is 0.0455. The molecule has 2 N–H and O–H groups in total. The Hall–Kier alpha value is -2.07. The molecule has 1 heterocycles. The van der Waals surface area contributed by atoms with Gasteiger partial charge in [-0.2, -0.15) is 0 Å². The standard InChI is InChI=1S/C18H22N2O2/c1-20-10-9-14-11-15(7-8-16(14)20)17(21)12-19-18(22)13-5-3-2-4-6-13/h2-3,7-11,13,17,21H,4-6,12H2,1H3,(H,19,22). The van der Waals surface area contributed by atoms with Crippen molar-refractivity contribution in [3.05, 3.63) is 48.2 Å². The predicted octanol–water partition coefficient (Wildman–Crippen LogP) is 2.68. The van der Waals surface area contributed by atoms with Crippen LogP contribution in [0.15, 0.2) is 42.6 Å². The molecule has 22 heavy (non-hydrogen) atoms. The van der Waals surface area contributed by atoms with Gasteiger partial charge in [0.25, 0.3) is 0 Å². The smallest absolute Gasteiger partial charge is 0.223 e. The number of aliphatic hydroxyl groups excluding tert-OH is 1. The number of rotatable bonds is 4. The summed E-state index contributed by atoms with van der Waals surface area (Å²) in [7, 11) is 2.00. The van der Waals surface area contributed by atoms with Crippen LogP contribution in [0, 0.1) is 5.92 Å². The molecule has 1 amide bonds. The van der Waals surface area contributed by atoms with Crippen molar-refractivity contribution in [3.8, 4) is 0 Å². The van der Waals surface area contributed by atoms with Crippen molar-refractivity contribution >= 4 is 16.8 Å². The van der Waals surface area contributed by atoms with Gasteiger partial charge in [-0.05, 0) is 48.4 Å². The summed E-state index contributed by atoms with van der Waals surface area (Å²) >= 11 is 0. The zero-order valence-corrected chi connectivity index (χ0v) is 12.8. The molecule has 2 unspecified atom stereocenters. The van der Waals surface area contributed by atoms with E-state index in [0.29, 0.717) is 0 Å². The fraction of sp³-hybridized carbons (Fsp3) is 0.389. The molecule has 0 aliphatic heterocycles. The number of amides is 1. The Bertz CT molecular complexity index is 702. The number of benzene rings is 1. The third-order valence-electron chi connectivity index (χ3n) is 4.40. The van der Waals surface area contributed by atoms with Crippen molar-refractivity contribution in [2.45, 2.75) is 25.4 Å². The van der Waals surface area contributed by atoms with Crippen molar-refractivity contribution in [1.29, 1.82) is 0 Å². The van der Waals surface area contributed by atoms with E-state index in [1.165, 1.54) is 0 Å². The van der Waals surface area contributed by atoms with Crippen molar-refractivity contribution in [2.24, 2.45) is 13.0 Å². The Balaban J connectivity index is 1.61. The van der Waals surface area contributed by atoms with E-state index in [9.17, 15) is 9.90 Å². The number of hydrogen-bond acceptors (Lipinski definition) is 2. The van der Waals surface area contributed by atoms with Crippen LogP contribution < -0.4 is 5.32 Å². The van der Waals surface area contributed by atoms with E-state index in [1.54, 1.807) is 0 Å². The fourth-order valence-corrected chi connectivity index (χ4v) is 3.00. The summed E-state index contributed by atoms with van der Waals surface area (Å²) in [6.45, 7) is 0.261. The van der Waals surface area contributed by atoms with Gasteiger partial charge in [0.15, 0.2) is 0 Å². The highest BCUT2D eigenvalue weighted by molar-refractivity contribution is 5.81. The molecule has 4 heteroatoms. The third-order valence-corrected chi connectivity index (χ3v) is 4.40. The lowest BCUT2D eigenvalue weighted by Crippen LogP contribution is -2.34. The van der Waals surface area contributed by atoms with Crippen LogP contribution in [0.4, 0.5) is 0 Å². The molecule has 0 bridgehead atoms. The van der Waals surface area contributed by atoms with Crippen LogP contribution in [0.5, 0.6) is 0 Å². The number of aromatic nitrogens is 1. The molecule has 0 fully saturated rings. The highest BCUT2D eigenvalue weighted by atomic mass is 16.3. The molecular formula is C18H22N2O2. The average molecular weight is 298 g/mol. The highest BCUT2D eigenvalue weighted by Crippen LogP contribution is 2.22. The van der Waals surface area contributed by atoms with Gasteiger partial charge in [0, 0.05) is 31.2 Å². The Morgan fingerprint density at radius 1 is 1.41 bits per heavy atom. The Kier molecular flexibility index (Phi) is 4.29. The molecule has 4 nitrogen and oxygen atoms in total. The molecule has 1 aliphatic rings. The van der Waals surface area contributed by atoms with Gasteiger partial charge in [-0.15, -0.1) is 0 Å². The van der Waals surface area contributed by atoms with Crippen LogP contribution in [0.25, 0.3) is 10.9 Å². The molecule has 0 radical (unpaired) electrons. The maximum absolute atomic E-state index is 12.1. The minimum Gasteiger partial charge on any atom is -0.387 e. The van der Waals surface area contributed by atoms with E-state index in [4.69, 9.17) is 0 Å². The van der Waals surface area contributed by atoms with Crippen LogP contribution in [0.2, 0.25) is 0 Å². The number of allylic oxidation sites excluding steroid dienone is 2. The maximum Gasteiger partial charge on any atom is 0.223 e. The van der Waals surface area contributed by atoms with E-state index in [2.05, 4.69) is 17.5 Å². The average Bonchev–Trinajstić information content (AvgIpc) is 2.93. The van der Waals surface area contributed by atoms with Crippen LogP contribution in [-0.4, -0.2) is 22.1 Å². The highest BCUT2D eigenvalue weighted by Gasteiger charge is 2.19. The second-order valence-corrected chi connectivity index (χ2v) is 5.99. The summed E-state index contributed by atoms with van der Waals surface area (Å²) in [5.74, 6) is 0.0954. The second-order valence-electron chi connectivity index (χ2n) is 5.99. The van der Waals surface area contributed by atoms with Crippen LogP contribution in [-0.2, 0) is 11.8 Å². The lowest BCUT2D eigenvalue weighted by molar-refractivity contribution is -0.125. The quantitative estimate of drug-likeness (QED) is 0.853. The zero-order chi connectivity index (χ0) is 15.5. The van der Waals surface area contributed by atoms with Crippen molar-refractivity contribution in [2.75, 3.05) is 6.54 Å². The van der Waals surface area contributed by atoms with Crippen molar-refractivity contribution in [1.82, 2.24) is 9.88 Å². The zero-order valence-electron chi connectivity index (χ0n) is 12.8. The number of carbonyl (C=O) groups excluding carboxylic acids is 1. The second kappa shape index (κ2) is 6.36. The van der Waals surface area contributed by atoms with Gasteiger partial charge in [-0.25, -0.2) is 0 Å². The fourth-order valence-electron chi connectivity index (χ4n) is 3.00. The number of nitrogens with zero attached hydrogens (tertiary/aromatic N) is 1. The summed E-state index contributed by atoms with van der Waals surface area (Å²) in [6.07, 6.45) is 8.17. The first-order valence-corrected chi connectivity index (χ1v) is 7.81. The SMILES string of the molecule is Cn1ccc2cc(C(O)CNC(=O)C3CC=CCC3)ccc21. The van der Waals surface area contributed by atoms with Crippen LogP contribution in [0.3, 0.4) is 0 Å². The first-order valence-electron chi connectivity index (χ1n) is 7.81. The van der Waals surface area contributed by atoms with E-state index in [-0.39, 0.29) is 18.4 Å². The molecule has 1 aliphatic carbocycles. The first kappa shape index (κ1) is 14.9. The Morgan fingerprint density at radius 3 is 3.05 bits per heavy atom. The molecule has 0 saturated heterocycles. The van der Waals surface area contributed by atoms with Gasteiger partial charge in [0.05, 0.1) is 6.10 Å². The van der Waals surface area contributed by atoms with E-state index >= 15 is 0 Å². The Labute approximate surface area is 130 Å². The number of carbonyl (C=O) groups is 1. The summed E-state index contributed by atoms with van der Waals surface area (Å²) < 4.78 is 2.05. The van der Waals surface area contributed by atoms with E-state index < -0.39 is 6.10 Å². The first-order chi connectivity index (χ1) is 10.6. The molecule has 2 aromatic rings. The third kappa shape index (κ3) is 3.07. The topological polar surface area (TPSA) is 54.3 Å².